The maximum absolute atomic E-state index is 11.9. The molecule has 0 fully saturated rings. The number of hydrogen-bond donors (Lipinski definition) is 1. The normalized spacial score (nSPS) is 12.5. The van der Waals surface area contributed by atoms with Crippen LogP contribution in [-0.4, -0.2) is 18.1 Å². The number of nitrogens with two attached hydrogens (primary N) is 1. The van der Waals surface area contributed by atoms with Crippen LogP contribution in [0.2, 0.25) is 0 Å². The van der Waals surface area contributed by atoms with Crippen LogP contribution in [-0.2, 0) is 9.53 Å². The summed E-state index contributed by atoms with van der Waals surface area (Å²) in [5.74, 6) is -0.237. The molecule has 0 aliphatic heterocycles. The van der Waals surface area contributed by atoms with Gasteiger partial charge >= 0.3 is 5.97 Å². The van der Waals surface area contributed by atoms with Gasteiger partial charge in [-0.2, -0.15) is 0 Å². The van der Waals surface area contributed by atoms with Gasteiger partial charge in [0.1, 0.15) is 12.1 Å². The van der Waals surface area contributed by atoms with E-state index in [1.807, 2.05) is 0 Å². The van der Waals surface area contributed by atoms with E-state index >= 15 is 0 Å². The molecule has 3 heteroatoms. The highest BCUT2D eigenvalue weighted by Crippen LogP contribution is 2.18. The average Bonchev–Trinajstić information content (AvgIpc) is 2.65. The highest BCUT2D eigenvalue weighted by Gasteiger charge is 2.16. The number of ether oxygens (including phenoxy) is 1. The molecule has 3 nitrogen and oxygen atoms in total. The van der Waals surface area contributed by atoms with Gasteiger partial charge in [-0.05, 0) is 32.6 Å². The predicted octanol–water partition coefficient (Wildman–Crippen LogP) is 7.31. The molecule has 0 aromatic carbocycles. The minimum atomic E-state index is -0.510. The number of rotatable bonds is 20. The van der Waals surface area contributed by atoms with Crippen LogP contribution < -0.4 is 5.73 Å². The average molecular weight is 384 g/mol. The quantitative estimate of drug-likeness (QED) is 0.177. The van der Waals surface area contributed by atoms with Crippen LogP contribution in [0.4, 0.5) is 0 Å². The summed E-state index contributed by atoms with van der Waals surface area (Å²) >= 11 is 0. The minimum Gasteiger partial charge on any atom is -0.461 e. The van der Waals surface area contributed by atoms with E-state index in [0.717, 1.165) is 12.8 Å². The molecule has 0 radical (unpaired) electrons. The lowest BCUT2D eigenvalue weighted by Crippen LogP contribution is -2.32. The lowest BCUT2D eigenvalue weighted by atomic mass is 10.0. The number of hydrogen-bond acceptors (Lipinski definition) is 3. The van der Waals surface area contributed by atoms with E-state index in [1.54, 1.807) is 6.92 Å². The first-order valence-electron chi connectivity index (χ1n) is 12.1. The molecular formula is C24H49NO2. The first-order chi connectivity index (χ1) is 13.1. The van der Waals surface area contributed by atoms with Crippen molar-refractivity contribution in [1.82, 2.24) is 0 Å². The summed E-state index contributed by atoms with van der Waals surface area (Å²) in [6.07, 6.45) is 23.1. The molecule has 0 unspecified atom stereocenters. The van der Waals surface area contributed by atoms with Crippen molar-refractivity contribution >= 4 is 5.97 Å². The Bertz CT molecular complexity index is 298. The Morgan fingerprint density at radius 2 is 1.00 bits per heavy atom. The van der Waals surface area contributed by atoms with Crippen LogP contribution in [0.3, 0.4) is 0 Å². The van der Waals surface area contributed by atoms with Crippen molar-refractivity contribution in [3.8, 4) is 0 Å². The second-order valence-electron chi connectivity index (χ2n) is 8.37. The van der Waals surface area contributed by atoms with Crippen LogP contribution in [0.15, 0.2) is 0 Å². The van der Waals surface area contributed by atoms with Crippen molar-refractivity contribution in [2.45, 2.75) is 148 Å². The van der Waals surface area contributed by atoms with E-state index in [9.17, 15) is 4.79 Å². The van der Waals surface area contributed by atoms with Crippen molar-refractivity contribution in [2.24, 2.45) is 5.73 Å². The molecule has 0 bridgehead atoms. The zero-order valence-electron chi connectivity index (χ0n) is 18.8. The number of unbranched alkanes of at least 4 members (excludes halogenated alkanes) is 14. The van der Waals surface area contributed by atoms with Crippen molar-refractivity contribution in [3.63, 3.8) is 0 Å². The van der Waals surface area contributed by atoms with Gasteiger partial charge in [0.05, 0.1) is 0 Å². The third-order valence-corrected chi connectivity index (χ3v) is 5.41. The van der Waals surface area contributed by atoms with Gasteiger partial charge in [-0.1, -0.05) is 104 Å². The fourth-order valence-electron chi connectivity index (χ4n) is 3.55. The van der Waals surface area contributed by atoms with Crippen molar-refractivity contribution in [1.29, 1.82) is 0 Å². The molecule has 1 atom stereocenters. The molecular weight excluding hydrogens is 334 g/mol. The van der Waals surface area contributed by atoms with Crippen LogP contribution in [0.1, 0.15) is 136 Å². The molecule has 162 valence electrons. The van der Waals surface area contributed by atoms with Crippen molar-refractivity contribution in [2.75, 3.05) is 0 Å². The topological polar surface area (TPSA) is 52.3 Å². The second kappa shape index (κ2) is 20.2. The van der Waals surface area contributed by atoms with Gasteiger partial charge in [-0.3, -0.25) is 4.79 Å². The van der Waals surface area contributed by atoms with Crippen LogP contribution >= 0.6 is 0 Å². The fraction of sp³-hybridized carbons (Fsp3) is 0.958. The molecule has 0 aromatic heterocycles. The summed E-state index contributed by atoms with van der Waals surface area (Å²) in [4.78, 5) is 11.9. The molecule has 0 aromatic rings. The summed E-state index contributed by atoms with van der Waals surface area (Å²) < 4.78 is 5.67. The van der Waals surface area contributed by atoms with E-state index in [-0.39, 0.29) is 12.1 Å². The standard InChI is InChI=1S/C24H49NO2/c1-4-6-8-10-12-14-16-18-20-23(27-24(26)22(3)25)21-19-17-15-13-11-9-7-5-2/h22-23H,4-21,25H2,1-3H3/t22-/m0/s1. The van der Waals surface area contributed by atoms with E-state index < -0.39 is 6.04 Å². The molecule has 27 heavy (non-hydrogen) atoms. The molecule has 0 saturated heterocycles. The summed E-state index contributed by atoms with van der Waals surface area (Å²) in [6.45, 7) is 6.23. The third kappa shape index (κ3) is 18.6. The Hall–Kier alpha value is -0.570. The summed E-state index contributed by atoms with van der Waals surface area (Å²) in [6, 6.07) is -0.510. The highest BCUT2D eigenvalue weighted by atomic mass is 16.5. The number of esters is 1. The van der Waals surface area contributed by atoms with Gasteiger partial charge in [0, 0.05) is 0 Å². The molecule has 0 heterocycles. The molecule has 0 amide bonds. The van der Waals surface area contributed by atoms with Gasteiger partial charge in [0.15, 0.2) is 0 Å². The largest absolute Gasteiger partial charge is 0.461 e. The van der Waals surface area contributed by atoms with E-state index in [4.69, 9.17) is 10.5 Å². The first kappa shape index (κ1) is 26.4. The third-order valence-electron chi connectivity index (χ3n) is 5.41. The predicted molar refractivity (Wildman–Crippen MR) is 118 cm³/mol. The lowest BCUT2D eigenvalue weighted by molar-refractivity contribution is -0.151. The van der Waals surface area contributed by atoms with Crippen molar-refractivity contribution < 1.29 is 9.53 Å². The van der Waals surface area contributed by atoms with E-state index in [2.05, 4.69) is 13.8 Å². The molecule has 0 aliphatic carbocycles. The SMILES string of the molecule is CCCCCCCCCCC(CCCCCCCCCC)OC(=O)[C@H](C)N. The maximum atomic E-state index is 11.9. The Kier molecular flexibility index (Phi) is 19.7. The second-order valence-corrected chi connectivity index (χ2v) is 8.37. The van der Waals surface area contributed by atoms with Crippen LogP contribution in [0.25, 0.3) is 0 Å². The molecule has 0 saturated carbocycles. The van der Waals surface area contributed by atoms with Gasteiger partial charge in [-0.25, -0.2) is 0 Å². The van der Waals surface area contributed by atoms with E-state index in [1.165, 1.54) is 103 Å². The fourth-order valence-corrected chi connectivity index (χ4v) is 3.55. The van der Waals surface area contributed by atoms with Crippen molar-refractivity contribution in [3.05, 3.63) is 0 Å². The Labute approximate surface area is 170 Å². The first-order valence-corrected chi connectivity index (χ1v) is 12.1. The van der Waals surface area contributed by atoms with Gasteiger partial charge in [-0.15, -0.1) is 0 Å². The van der Waals surface area contributed by atoms with Gasteiger partial charge < -0.3 is 10.5 Å². The molecule has 0 aliphatic rings. The van der Waals surface area contributed by atoms with Gasteiger partial charge in [0.2, 0.25) is 0 Å². The number of carbonyl (C=O) groups excluding carboxylic acids is 1. The molecule has 0 spiro atoms. The van der Waals surface area contributed by atoms with Crippen LogP contribution in [0.5, 0.6) is 0 Å². The number of carbonyl (C=O) groups is 1. The van der Waals surface area contributed by atoms with Gasteiger partial charge in [0.25, 0.3) is 0 Å². The molecule has 0 rings (SSSR count). The zero-order chi connectivity index (χ0) is 20.2. The van der Waals surface area contributed by atoms with E-state index in [0.29, 0.717) is 0 Å². The summed E-state index contributed by atoms with van der Waals surface area (Å²) in [5.41, 5.74) is 5.68. The maximum Gasteiger partial charge on any atom is 0.322 e. The zero-order valence-corrected chi connectivity index (χ0v) is 18.8. The molecule has 2 N–H and O–H groups in total. The smallest absolute Gasteiger partial charge is 0.322 e. The Balaban J connectivity index is 3.86. The Morgan fingerprint density at radius 3 is 1.33 bits per heavy atom. The minimum absolute atomic E-state index is 0.0729. The summed E-state index contributed by atoms with van der Waals surface area (Å²) in [5, 5.41) is 0. The Morgan fingerprint density at radius 1 is 0.667 bits per heavy atom. The highest BCUT2D eigenvalue weighted by molar-refractivity contribution is 5.75. The summed E-state index contributed by atoms with van der Waals surface area (Å²) in [7, 11) is 0. The monoisotopic (exact) mass is 383 g/mol. The van der Waals surface area contributed by atoms with Crippen LogP contribution in [0, 0.1) is 0 Å². The lowest BCUT2D eigenvalue weighted by Gasteiger charge is -2.19.